The number of nitrogens with one attached hydrogen (secondary N) is 2. The molecule has 0 saturated carbocycles. The van der Waals surface area contributed by atoms with Crippen LogP contribution in [-0.2, 0) is 6.42 Å². The molecule has 1 aromatic carbocycles. The molecule has 0 aliphatic heterocycles. The maximum atomic E-state index is 10.5. The number of rotatable bonds is 8. The summed E-state index contributed by atoms with van der Waals surface area (Å²) >= 11 is 1.61. The van der Waals surface area contributed by atoms with Crippen LogP contribution in [-0.4, -0.2) is 41.3 Å². The lowest BCUT2D eigenvalue weighted by Crippen LogP contribution is -2.39. The molecule has 0 aliphatic rings. The number of hydrogen-bond acceptors (Lipinski definition) is 6. The molecule has 3 aromatic rings. The van der Waals surface area contributed by atoms with Crippen LogP contribution < -0.4 is 10.6 Å². The van der Waals surface area contributed by atoms with Crippen molar-refractivity contribution < 1.29 is 9.63 Å². The number of aliphatic imine (C=N–C) groups is 1. The van der Waals surface area contributed by atoms with Crippen molar-refractivity contribution in [2.45, 2.75) is 38.7 Å². The molecule has 3 rings (SSSR count). The molecule has 29 heavy (non-hydrogen) atoms. The summed E-state index contributed by atoms with van der Waals surface area (Å²) in [5, 5.41) is 22.0. The summed E-state index contributed by atoms with van der Waals surface area (Å²) in [4.78, 5) is 9.52. The van der Waals surface area contributed by atoms with Crippen molar-refractivity contribution in [2.24, 2.45) is 4.99 Å². The van der Waals surface area contributed by atoms with Gasteiger partial charge >= 0.3 is 0 Å². The molecule has 1 unspecified atom stereocenters. The van der Waals surface area contributed by atoms with E-state index in [0.717, 1.165) is 29.1 Å². The highest BCUT2D eigenvalue weighted by Crippen LogP contribution is 2.29. The van der Waals surface area contributed by atoms with Gasteiger partial charge in [0, 0.05) is 42.1 Å². The topological polar surface area (TPSA) is 95.6 Å². The van der Waals surface area contributed by atoms with Crippen molar-refractivity contribution in [1.82, 2.24) is 20.8 Å². The first-order chi connectivity index (χ1) is 13.6. The minimum absolute atomic E-state index is 0. The van der Waals surface area contributed by atoms with E-state index in [2.05, 4.69) is 37.9 Å². The van der Waals surface area contributed by atoms with Gasteiger partial charge in [0.2, 0.25) is 5.89 Å². The number of aliphatic hydroxyl groups is 1. The van der Waals surface area contributed by atoms with Crippen LogP contribution in [0.4, 0.5) is 0 Å². The smallest absolute Gasteiger partial charge is 0.226 e. The third kappa shape index (κ3) is 6.65. The van der Waals surface area contributed by atoms with Gasteiger partial charge in [-0.15, -0.1) is 35.3 Å². The molecule has 0 spiro atoms. The SMILES string of the molecule is CN=C(NCCCc1nc(C(C)C)no1)NCC(O)c1cc2ccccc2s1.I. The summed E-state index contributed by atoms with van der Waals surface area (Å²) in [5.74, 6) is 2.34. The van der Waals surface area contributed by atoms with Crippen LogP contribution in [0.1, 0.15) is 48.9 Å². The number of nitrogens with zero attached hydrogens (tertiary/aromatic N) is 3. The Hall–Kier alpha value is -1.72. The molecule has 2 aromatic heterocycles. The van der Waals surface area contributed by atoms with E-state index in [-0.39, 0.29) is 29.9 Å². The number of benzene rings is 1. The van der Waals surface area contributed by atoms with Crippen LogP contribution in [0.2, 0.25) is 0 Å². The Bertz CT molecular complexity index is 891. The van der Waals surface area contributed by atoms with Gasteiger partial charge in [0.05, 0.1) is 0 Å². The molecule has 0 amide bonds. The van der Waals surface area contributed by atoms with Crippen molar-refractivity contribution >= 4 is 51.4 Å². The molecule has 9 heteroatoms. The number of aliphatic hydroxyl groups excluding tert-OH is 1. The third-order valence-corrected chi connectivity index (χ3v) is 5.54. The van der Waals surface area contributed by atoms with Crippen molar-refractivity contribution in [3.8, 4) is 0 Å². The van der Waals surface area contributed by atoms with Gasteiger partial charge in [-0.3, -0.25) is 4.99 Å². The predicted octanol–water partition coefficient (Wildman–Crippen LogP) is 3.86. The molecule has 3 N–H and O–H groups in total. The maximum absolute atomic E-state index is 10.5. The molecule has 0 saturated heterocycles. The second kappa shape index (κ2) is 11.5. The summed E-state index contributed by atoms with van der Waals surface area (Å²) in [7, 11) is 1.72. The largest absolute Gasteiger partial charge is 0.386 e. The van der Waals surface area contributed by atoms with Gasteiger partial charge in [-0.25, -0.2) is 0 Å². The highest BCUT2D eigenvalue weighted by molar-refractivity contribution is 14.0. The summed E-state index contributed by atoms with van der Waals surface area (Å²) < 4.78 is 6.43. The molecule has 158 valence electrons. The van der Waals surface area contributed by atoms with E-state index in [4.69, 9.17) is 4.52 Å². The Kier molecular flexibility index (Phi) is 9.31. The van der Waals surface area contributed by atoms with Crippen molar-refractivity contribution in [3.63, 3.8) is 0 Å². The van der Waals surface area contributed by atoms with Crippen LogP contribution in [0.3, 0.4) is 0 Å². The Balaban J connectivity index is 0.00000300. The summed E-state index contributed by atoms with van der Waals surface area (Å²) in [5.41, 5.74) is 0. The molecule has 2 heterocycles. The molecule has 0 bridgehead atoms. The normalized spacial score (nSPS) is 12.8. The maximum Gasteiger partial charge on any atom is 0.226 e. The first-order valence-corrected chi connectivity index (χ1v) is 10.3. The number of guanidine groups is 1. The Morgan fingerprint density at radius 1 is 1.28 bits per heavy atom. The number of fused-ring (bicyclic) bond motifs is 1. The van der Waals surface area contributed by atoms with Crippen molar-refractivity contribution in [1.29, 1.82) is 0 Å². The molecule has 0 radical (unpaired) electrons. The fraction of sp³-hybridized carbons (Fsp3) is 0.450. The first kappa shape index (κ1) is 23.6. The van der Waals surface area contributed by atoms with Crippen LogP contribution >= 0.6 is 35.3 Å². The van der Waals surface area contributed by atoms with Gasteiger partial charge in [0.25, 0.3) is 0 Å². The quantitative estimate of drug-likeness (QED) is 0.178. The van der Waals surface area contributed by atoms with E-state index in [0.29, 0.717) is 24.8 Å². The lowest BCUT2D eigenvalue weighted by Gasteiger charge is -2.14. The zero-order chi connectivity index (χ0) is 19.9. The van der Waals surface area contributed by atoms with Gasteiger partial charge in [-0.05, 0) is 23.9 Å². The number of thiophene rings is 1. The van der Waals surface area contributed by atoms with E-state index < -0.39 is 6.10 Å². The van der Waals surface area contributed by atoms with Crippen LogP contribution in [0, 0.1) is 0 Å². The fourth-order valence-electron chi connectivity index (χ4n) is 2.73. The Labute approximate surface area is 192 Å². The lowest BCUT2D eigenvalue weighted by molar-refractivity contribution is 0.184. The van der Waals surface area contributed by atoms with E-state index in [1.54, 1.807) is 18.4 Å². The summed E-state index contributed by atoms with van der Waals surface area (Å²) in [6.07, 6.45) is 0.983. The van der Waals surface area contributed by atoms with Crippen molar-refractivity contribution in [2.75, 3.05) is 20.1 Å². The van der Waals surface area contributed by atoms with E-state index >= 15 is 0 Å². The van der Waals surface area contributed by atoms with Gasteiger partial charge < -0.3 is 20.3 Å². The van der Waals surface area contributed by atoms with Crippen LogP contribution in [0.5, 0.6) is 0 Å². The number of aryl methyl sites for hydroxylation is 1. The minimum atomic E-state index is -0.580. The predicted molar refractivity (Wildman–Crippen MR) is 128 cm³/mol. The Morgan fingerprint density at radius 3 is 2.76 bits per heavy atom. The Morgan fingerprint density at radius 2 is 2.07 bits per heavy atom. The number of hydrogen-bond donors (Lipinski definition) is 3. The first-order valence-electron chi connectivity index (χ1n) is 9.50. The molecule has 1 atom stereocenters. The average Bonchev–Trinajstić information content (AvgIpc) is 3.34. The average molecular weight is 529 g/mol. The number of aromatic nitrogens is 2. The van der Waals surface area contributed by atoms with Crippen LogP contribution in [0.25, 0.3) is 10.1 Å². The highest BCUT2D eigenvalue weighted by Gasteiger charge is 2.12. The van der Waals surface area contributed by atoms with Gasteiger partial charge in [0.15, 0.2) is 11.8 Å². The second-order valence-electron chi connectivity index (χ2n) is 6.89. The van der Waals surface area contributed by atoms with Crippen LogP contribution in [0.15, 0.2) is 39.8 Å². The van der Waals surface area contributed by atoms with E-state index in [9.17, 15) is 5.11 Å². The zero-order valence-electron chi connectivity index (χ0n) is 16.9. The number of halogens is 1. The van der Waals surface area contributed by atoms with Gasteiger partial charge in [0.1, 0.15) is 6.10 Å². The second-order valence-corrected chi connectivity index (χ2v) is 8.00. The minimum Gasteiger partial charge on any atom is -0.386 e. The lowest BCUT2D eigenvalue weighted by atomic mass is 10.2. The molecule has 7 nitrogen and oxygen atoms in total. The van der Waals surface area contributed by atoms with Gasteiger partial charge in [-0.1, -0.05) is 37.2 Å². The molecular formula is C20H28IN5O2S. The zero-order valence-corrected chi connectivity index (χ0v) is 20.0. The summed E-state index contributed by atoms with van der Waals surface area (Å²) in [6.45, 7) is 5.20. The molecular weight excluding hydrogens is 501 g/mol. The van der Waals surface area contributed by atoms with E-state index in [1.165, 1.54) is 4.70 Å². The fourth-order valence-corrected chi connectivity index (χ4v) is 3.78. The third-order valence-electron chi connectivity index (χ3n) is 4.32. The highest BCUT2D eigenvalue weighted by atomic mass is 127. The van der Waals surface area contributed by atoms with Gasteiger partial charge in [-0.2, -0.15) is 4.98 Å². The standard InChI is InChI=1S/C20H27N5O2S.HI/c1-13(2)19-24-18(27-25-19)9-6-10-22-20(21-3)23-12-15(26)17-11-14-7-4-5-8-16(14)28-17;/h4-5,7-8,11,13,15,26H,6,9-10,12H2,1-3H3,(H2,21,22,23);1H. The molecule has 0 fully saturated rings. The van der Waals surface area contributed by atoms with Crippen molar-refractivity contribution in [3.05, 3.63) is 46.9 Å². The monoisotopic (exact) mass is 529 g/mol. The summed E-state index contributed by atoms with van der Waals surface area (Å²) in [6, 6.07) is 10.2. The molecule has 0 aliphatic carbocycles. The van der Waals surface area contributed by atoms with E-state index in [1.807, 2.05) is 32.0 Å².